The molecule has 0 bridgehead atoms. The van der Waals surface area contributed by atoms with Gasteiger partial charge >= 0.3 is 0 Å². The minimum atomic E-state index is -0.118. The molecule has 1 saturated carbocycles. The zero-order valence-electron chi connectivity index (χ0n) is 13.7. The smallest absolute Gasteiger partial charge is 0.0610 e. The molecule has 1 aromatic carbocycles. The molecule has 0 spiro atoms. The number of hydrogen-bond acceptors (Lipinski definition) is 3. The van der Waals surface area contributed by atoms with E-state index in [9.17, 15) is 5.11 Å². The number of anilines is 1. The first kappa shape index (κ1) is 16.3. The van der Waals surface area contributed by atoms with E-state index < -0.39 is 0 Å². The molecule has 0 aromatic heterocycles. The van der Waals surface area contributed by atoms with Crippen LogP contribution in [0.15, 0.2) is 24.3 Å². The van der Waals surface area contributed by atoms with Crippen molar-refractivity contribution < 1.29 is 5.11 Å². The van der Waals surface area contributed by atoms with Crippen LogP contribution >= 0.6 is 0 Å². The fourth-order valence-corrected chi connectivity index (χ4v) is 2.87. The Morgan fingerprint density at radius 2 is 2.14 bits per heavy atom. The van der Waals surface area contributed by atoms with Crippen LogP contribution in [0.1, 0.15) is 45.1 Å². The second-order valence-electron chi connectivity index (χ2n) is 6.66. The van der Waals surface area contributed by atoms with Gasteiger partial charge in [-0.2, -0.15) is 0 Å². The number of aliphatic hydroxyl groups excluding tert-OH is 1. The van der Waals surface area contributed by atoms with Gasteiger partial charge in [-0.05, 0) is 64.2 Å². The van der Waals surface area contributed by atoms with Crippen LogP contribution < -0.4 is 10.2 Å². The highest BCUT2D eigenvalue weighted by Gasteiger charge is 2.31. The molecule has 1 aliphatic carbocycles. The van der Waals surface area contributed by atoms with Crippen molar-refractivity contribution in [3.63, 3.8) is 0 Å². The molecule has 0 heterocycles. The van der Waals surface area contributed by atoms with Crippen molar-refractivity contribution in [3.05, 3.63) is 29.8 Å². The lowest BCUT2D eigenvalue weighted by molar-refractivity contribution is 0.162. The lowest BCUT2D eigenvalue weighted by Crippen LogP contribution is -2.47. The monoisotopic (exact) mass is 290 g/mol. The summed E-state index contributed by atoms with van der Waals surface area (Å²) in [6.07, 6.45) is 4.64. The highest BCUT2D eigenvalue weighted by atomic mass is 16.3. The molecule has 0 aliphatic heterocycles. The van der Waals surface area contributed by atoms with E-state index in [1.54, 1.807) is 0 Å². The summed E-state index contributed by atoms with van der Waals surface area (Å²) in [6.45, 7) is 8.78. The van der Waals surface area contributed by atoms with Gasteiger partial charge in [0.2, 0.25) is 0 Å². The number of aryl methyl sites for hydroxylation is 1. The summed E-state index contributed by atoms with van der Waals surface area (Å²) >= 11 is 0. The van der Waals surface area contributed by atoms with Gasteiger partial charge in [-0.25, -0.2) is 0 Å². The molecule has 2 N–H and O–H groups in total. The van der Waals surface area contributed by atoms with E-state index in [-0.39, 0.29) is 12.1 Å². The predicted molar refractivity (Wildman–Crippen MR) is 89.9 cm³/mol. The number of nitrogens with one attached hydrogen (secondary N) is 1. The van der Waals surface area contributed by atoms with Gasteiger partial charge in [0.15, 0.2) is 0 Å². The van der Waals surface area contributed by atoms with Crippen LogP contribution in [0.5, 0.6) is 0 Å². The molecular formula is C18H30N2O. The van der Waals surface area contributed by atoms with Gasteiger partial charge in [0.05, 0.1) is 6.61 Å². The fraction of sp³-hybridized carbons (Fsp3) is 0.667. The van der Waals surface area contributed by atoms with Crippen molar-refractivity contribution in [2.24, 2.45) is 0 Å². The van der Waals surface area contributed by atoms with E-state index >= 15 is 0 Å². The maximum atomic E-state index is 9.66. The maximum Gasteiger partial charge on any atom is 0.0610 e. The summed E-state index contributed by atoms with van der Waals surface area (Å²) in [6, 6.07) is 9.34. The summed E-state index contributed by atoms with van der Waals surface area (Å²) in [5.41, 5.74) is 2.49. The zero-order chi connectivity index (χ0) is 15.3. The molecule has 2 rings (SSSR count). The summed E-state index contributed by atoms with van der Waals surface area (Å²) < 4.78 is 0. The van der Waals surface area contributed by atoms with Crippen molar-refractivity contribution in [2.45, 2.75) is 58.0 Å². The van der Waals surface area contributed by atoms with E-state index in [4.69, 9.17) is 0 Å². The Balaban J connectivity index is 1.84. The Morgan fingerprint density at radius 3 is 2.71 bits per heavy atom. The van der Waals surface area contributed by atoms with Crippen LogP contribution in [-0.4, -0.2) is 36.4 Å². The fourth-order valence-electron chi connectivity index (χ4n) is 2.87. The summed E-state index contributed by atoms with van der Waals surface area (Å²) in [4.78, 5) is 2.42. The van der Waals surface area contributed by atoms with Gasteiger partial charge in [-0.1, -0.05) is 12.1 Å². The Bertz CT molecular complexity index is 445. The summed E-state index contributed by atoms with van der Waals surface area (Å²) in [5.74, 6) is 0. The van der Waals surface area contributed by atoms with Crippen LogP contribution in [0, 0.1) is 6.92 Å². The number of nitrogens with zero attached hydrogens (tertiary/aromatic N) is 1. The van der Waals surface area contributed by atoms with Gasteiger partial charge in [-0.3, -0.25) is 0 Å². The van der Waals surface area contributed by atoms with E-state index in [0.717, 1.165) is 25.9 Å². The van der Waals surface area contributed by atoms with Gasteiger partial charge in [-0.15, -0.1) is 0 Å². The molecule has 1 fully saturated rings. The van der Waals surface area contributed by atoms with Gasteiger partial charge < -0.3 is 15.3 Å². The van der Waals surface area contributed by atoms with E-state index in [0.29, 0.717) is 6.04 Å². The van der Waals surface area contributed by atoms with E-state index in [1.807, 2.05) is 0 Å². The Morgan fingerprint density at radius 1 is 1.38 bits per heavy atom. The third kappa shape index (κ3) is 5.01. The van der Waals surface area contributed by atoms with E-state index in [2.05, 4.69) is 55.3 Å². The van der Waals surface area contributed by atoms with Crippen molar-refractivity contribution >= 4 is 5.69 Å². The topological polar surface area (TPSA) is 35.5 Å². The average molecular weight is 290 g/mol. The Hall–Kier alpha value is -1.06. The maximum absolute atomic E-state index is 9.66. The quantitative estimate of drug-likeness (QED) is 0.733. The Labute approximate surface area is 129 Å². The van der Waals surface area contributed by atoms with E-state index in [1.165, 1.54) is 24.1 Å². The minimum absolute atomic E-state index is 0.118. The molecule has 1 aliphatic rings. The molecule has 21 heavy (non-hydrogen) atoms. The Kier molecular flexibility index (Phi) is 5.65. The molecule has 0 saturated heterocycles. The molecule has 0 radical (unpaired) electrons. The molecule has 118 valence electrons. The average Bonchev–Trinajstić information content (AvgIpc) is 3.27. The normalized spacial score (nSPS) is 17.5. The first-order chi connectivity index (χ1) is 10.1. The molecule has 3 heteroatoms. The first-order valence-electron chi connectivity index (χ1n) is 8.26. The number of aliphatic hydroxyl groups is 1. The van der Waals surface area contributed by atoms with Gasteiger partial charge in [0.25, 0.3) is 0 Å². The first-order valence-corrected chi connectivity index (χ1v) is 8.26. The number of hydrogen-bond donors (Lipinski definition) is 2. The minimum Gasteiger partial charge on any atom is -0.394 e. The standard InChI is InChI=1S/C18H30N2O/c1-4-20(17-8-5-7-15(2)13-17)12-6-11-18(3,14-21)19-16-9-10-16/h5,7-8,13,16,19,21H,4,6,9-12,14H2,1-3H3. The highest BCUT2D eigenvalue weighted by molar-refractivity contribution is 5.48. The van der Waals surface area contributed by atoms with Crippen molar-refractivity contribution in [3.8, 4) is 0 Å². The van der Waals surface area contributed by atoms with Gasteiger partial charge in [0.1, 0.15) is 0 Å². The predicted octanol–water partition coefficient (Wildman–Crippen LogP) is 3.10. The molecule has 3 nitrogen and oxygen atoms in total. The van der Waals surface area contributed by atoms with Crippen LogP contribution in [0.2, 0.25) is 0 Å². The third-order valence-electron chi connectivity index (χ3n) is 4.38. The second kappa shape index (κ2) is 7.28. The summed E-state index contributed by atoms with van der Waals surface area (Å²) in [5, 5.41) is 13.3. The van der Waals surface area contributed by atoms with Crippen molar-refractivity contribution in [1.29, 1.82) is 0 Å². The van der Waals surface area contributed by atoms with Crippen LogP contribution in [-0.2, 0) is 0 Å². The van der Waals surface area contributed by atoms with Crippen molar-refractivity contribution in [1.82, 2.24) is 5.32 Å². The molecule has 0 amide bonds. The van der Waals surface area contributed by atoms with Crippen LogP contribution in [0.3, 0.4) is 0 Å². The van der Waals surface area contributed by atoms with Gasteiger partial charge in [0, 0.05) is 30.4 Å². The number of rotatable bonds is 9. The largest absolute Gasteiger partial charge is 0.394 e. The van der Waals surface area contributed by atoms with Crippen LogP contribution in [0.25, 0.3) is 0 Å². The lowest BCUT2D eigenvalue weighted by Gasteiger charge is -2.31. The second-order valence-corrected chi connectivity index (χ2v) is 6.66. The molecule has 1 atom stereocenters. The molecular weight excluding hydrogens is 260 g/mol. The third-order valence-corrected chi connectivity index (χ3v) is 4.38. The van der Waals surface area contributed by atoms with Crippen molar-refractivity contribution in [2.75, 3.05) is 24.6 Å². The summed E-state index contributed by atoms with van der Waals surface area (Å²) in [7, 11) is 0. The molecule has 1 unspecified atom stereocenters. The van der Waals surface area contributed by atoms with Crippen LogP contribution in [0.4, 0.5) is 5.69 Å². The highest BCUT2D eigenvalue weighted by Crippen LogP contribution is 2.25. The lowest BCUT2D eigenvalue weighted by atomic mass is 9.96. The zero-order valence-corrected chi connectivity index (χ0v) is 13.7. The SMILES string of the molecule is CCN(CCCC(C)(CO)NC1CC1)c1cccc(C)c1. The molecule has 1 aromatic rings. The number of benzene rings is 1.